The van der Waals surface area contributed by atoms with Gasteiger partial charge in [-0.2, -0.15) is 5.26 Å². The molecule has 184 valence electrons. The van der Waals surface area contributed by atoms with Gasteiger partial charge in [0.1, 0.15) is 19.8 Å². The van der Waals surface area contributed by atoms with Crippen molar-refractivity contribution >= 4 is 11.3 Å². The number of benzene rings is 1. The quantitative estimate of drug-likeness (QED) is 0.541. The Hall–Kier alpha value is -2.79. The van der Waals surface area contributed by atoms with Crippen LogP contribution < -0.4 is 24.8 Å². The smallest absolute Gasteiger partial charge is 0.179 e. The summed E-state index contributed by atoms with van der Waals surface area (Å²) in [4.78, 5) is 0. The second-order valence-corrected chi connectivity index (χ2v) is 10.1. The maximum atomic E-state index is 9.50. The van der Waals surface area contributed by atoms with Crippen molar-refractivity contribution in [3.05, 3.63) is 52.4 Å². The fourth-order valence-corrected chi connectivity index (χ4v) is 5.84. The molecule has 2 aromatic rings. The number of hydrogen-bond acceptors (Lipinski definition) is 7. The van der Waals surface area contributed by atoms with Crippen LogP contribution in [0.5, 0.6) is 16.6 Å². The summed E-state index contributed by atoms with van der Waals surface area (Å²) in [6, 6.07) is 8.90. The number of thiophene rings is 1. The molecule has 6 nitrogen and oxygen atoms in total. The lowest BCUT2D eigenvalue weighted by Gasteiger charge is -2.24. The van der Waals surface area contributed by atoms with Gasteiger partial charge in [0.15, 0.2) is 16.6 Å². The Kier molecular flexibility index (Phi) is 8.04. The predicted molar refractivity (Wildman–Crippen MR) is 139 cm³/mol. The summed E-state index contributed by atoms with van der Waals surface area (Å²) in [7, 11) is 0. The molecule has 7 heteroatoms. The third kappa shape index (κ3) is 6.07. The van der Waals surface area contributed by atoms with Gasteiger partial charge in [0.25, 0.3) is 0 Å². The molecule has 1 saturated heterocycles. The number of rotatable bonds is 8. The summed E-state index contributed by atoms with van der Waals surface area (Å²) in [5.41, 5.74) is 5.67. The fraction of sp³-hybridized carbons (Fsp3) is 0.464. The molecule has 0 bridgehead atoms. The van der Waals surface area contributed by atoms with Gasteiger partial charge >= 0.3 is 0 Å². The highest BCUT2D eigenvalue weighted by Crippen LogP contribution is 2.41. The van der Waals surface area contributed by atoms with Gasteiger partial charge in [0, 0.05) is 29.1 Å². The molecule has 0 atom stereocenters. The molecule has 35 heavy (non-hydrogen) atoms. The van der Waals surface area contributed by atoms with Crippen molar-refractivity contribution in [3.63, 3.8) is 0 Å². The van der Waals surface area contributed by atoms with E-state index in [1.54, 1.807) is 11.3 Å². The van der Waals surface area contributed by atoms with E-state index in [9.17, 15) is 5.26 Å². The van der Waals surface area contributed by atoms with Gasteiger partial charge in [-0.15, -0.1) is 11.3 Å². The van der Waals surface area contributed by atoms with Crippen LogP contribution in [0.1, 0.15) is 37.7 Å². The Morgan fingerprint density at radius 3 is 2.89 bits per heavy atom. The van der Waals surface area contributed by atoms with Crippen molar-refractivity contribution in [2.45, 2.75) is 44.6 Å². The van der Waals surface area contributed by atoms with Crippen molar-refractivity contribution in [1.29, 1.82) is 5.26 Å². The molecule has 2 N–H and O–H groups in total. The Labute approximate surface area is 211 Å². The van der Waals surface area contributed by atoms with Crippen LogP contribution in [0.25, 0.3) is 11.1 Å². The Morgan fingerprint density at radius 1 is 1.17 bits per heavy atom. The monoisotopic (exact) mass is 491 g/mol. The molecule has 3 aliphatic rings. The first-order chi connectivity index (χ1) is 17.3. The van der Waals surface area contributed by atoms with Gasteiger partial charge in [-0.1, -0.05) is 23.8 Å². The summed E-state index contributed by atoms with van der Waals surface area (Å²) in [5, 5.41) is 19.6. The van der Waals surface area contributed by atoms with Gasteiger partial charge in [0.05, 0.1) is 12.5 Å². The van der Waals surface area contributed by atoms with Gasteiger partial charge in [-0.25, -0.2) is 0 Å². The van der Waals surface area contributed by atoms with Crippen molar-refractivity contribution < 1.29 is 14.2 Å². The number of fused-ring (bicyclic) bond motifs is 1. The third-order valence-electron chi connectivity index (χ3n) is 6.79. The van der Waals surface area contributed by atoms with E-state index in [-0.39, 0.29) is 0 Å². The van der Waals surface area contributed by atoms with Crippen LogP contribution in [0.15, 0.2) is 46.9 Å². The molecule has 1 aliphatic carbocycles. The van der Waals surface area contributed by atoms with Crippen LogP contribution >= 0.6 is 11.3 Å². The van der Waals surface area contributed by atoms with E-state index in [1.165, 1.54) is 30.4 Å². The number of hydrogen-bond donors (Lipinski definition) is 2. The minimum Gasteiger partial charge on any atom is -0.486 e. The van der Waals surface area contributed by atoms with E-state index >= 15 is 0 Å². The number of nitrogens with one attached hydrogen (secondary N) is 2. The van der Waals surface area contributed by atoms with E-state index in [4.69, 9.17) is 14.2 Å². The van der Waals surface area contributed by atoms with E-state index in [0.717, 1.165) is 65.7 Å². The fourth-order valence-electron chi connectivity index (χ4n) is 4.89. The minimum absolute atomic E-state index is 0.308. The highest BCUT2D eigenvalue weighted by Gasteiger charge is 2.19. The van der Waals surface area contributed by atoms with Crippen molar-refractivity contribution in [3.8, 4) is 33.8 Å². The number of nitriles is 1. The second-order valence-electron chi connectivity index (χ2n) is 9.28. The lowest BCUT2D eigenvalue weighted by Crippen LogP contribution is -2.40. The number of ether oxygens (including phenoxy) is 3. The van der Waals surface area contributed by atoms with Crippen LogP contribution in [0.2, 0.25) is 0 Å². The first-order valence-electron chi connectivity index (χ1n) is 12.6. The second kappa shape index (κ2) is 11.8. The molecule has 2 aliphatic heterocycles. The van der Waals surface area contributed by atoms with Gasteiger partial charge in [-0.05, 0) is 68.5 Å². The normalized spacial score (nSPS) is 18.3. The first-order valence-corrected chi connectivity index (χ1v) is 13.5. The molecular formula is C28H33N3O3S. The van der Waals surface area contributed by atoms with Crippen LogP contribution in [0.4, 0.5) is 0 Å². The predicted octanol–water partition coefficient (Wildman–Crippen LogP) is 5.01. The summed E-state index contributed by atoms with van der Waals surface area (Å²) in [6.07, 6.45) is 10.7. The first kappa shape index (κ1) is 23.9. The average Bonchev–Trinajstić information content (AvgIpc) is 3.15. The zero-order valence-corrected chi connectivity index (χ0v) is 20.9. The molecule has 5 rings (SSSR count). The summed E-state index contributed by atoms with van der Waals surface area (Å²) in [5.74, 6) is 1.52. The average molecular weight is 492 g/mol. The number of allylic oxidation sites excluding steroid dienone is 1. The van der Waals surface area contributed by atoms with Crippen molar-refractivity contribution in [1.82, 2.24) is 10.6 Å². The highest BCUT2D eigenvalue weighted by atomic mass is 32.1. The minimum atomic E-state index is 0.308. The molecule has 3 heterocycles. The van der Waals surface area contributed by atoms with Gasteiger partial charge < -0.3 is 24.8 Å². The van der Waals surface area contributed by atoms with Gasteiger partial charge in [0.2, 0.25) is 0 Å². The van der Waals surface area contributed by atoms with E-state index < -0.39 is 0 Å². The topological polar surface area (TPSA) is 75.5 Å². The highest BCUT2D eigenvalue weighted by molar-refractivity contribution is 7.12. The van der Waals surface area contributed by atoms with Crippen molar-refractivity contribution in [2.75, 3.05) is 39.5 Å². The number of nitrogens with zero attached hydrogens (tertiary/aromatic N) is 1. The van der Waals surface area contributed by atoms with Crippen LogP contribution in [0, 0.1) is 11.3 Å². The molecule has 1 aromatic heterocycles. The van der Waals surface area contributed by atoms with Crippen LogP contribution in [0.3, 0.4) is 0 Å². The van der Waals surface area contributed by atoms with Crippen LogP contribution in [-0.2, 0) is 6.42 Å². The summed E-state index contributed by atoms with van der Waals surface area (Å²) in [6.45, 7) is 4.82. The Balaban J connectivity index is 1.27. The molecule has 0 spiro atoms. The molecule has 0 radical (unpaired) electrons. The number of piperidine rings is 1. The molecule has 1 fully saturated rings. The van der Waals surface area contributed by atoms with Gasteiger partial charge in [-0.3, -0.25) is 0 Å². The maximum absolute atomic E-state index is 9.50. The molecule has 0 unspecified atom stereocenters. The van der Waals surface area contributed by atoms with E-state index in [2.05, 4.69) is 34.2 Å². The lowest BCUT2D eigenvalue weighted by molar-refractivity contribution is 0.171. The lowest BCUT2D eigenvalue weighted by atomic mass is 10.0. The third-order valence-corrected chi connectivity index (χ3v) is 7.72. The van der Waals surface area contributed by atoms with Crippen LogP contribution in [-0.4, -0.2) is 45.5 Å². The largest absolute Gasteiger partial charge is 0.486 e. The maximum Gasteiger partial charge on any atom is 0.179 e. The zero-order chi connectivity index (χ0) is 23.9. The van der Waals surface area contributed by atoms with Crippen molar-refractivity contribution in [2.24, 2.45) is 0 Å². The molecular weight excluding hydrogens is 458 g/mol. The standard InChI is InChI=1S/C28H33N3O3S/c29-10-7-24-25(22-5-6-26-27(16-22)33-14-13-32-26)19-35-28(24)34-18-21-4-2-1-3-20(15-21)17-31-23-8-11-30-12-9-23/h4-6,15-16,19,23,30-31H,1-3,7-9,11-14,17-18H2. The molecule has 0 amide bonds. The molecule has 1 aromatic carbocycles. The summed E-state index contributed by atoms with van der Waals surface area (Å²) < 4.78 is 17.7. The SMILES string of the molecule is N#CCc1c(-c2ccc3c(c2)OCCO3)csc1OCC1=CCCCC(CNC2CCNCC2)=C1. The summed E-state index contributed by atoms with van der Waals surface area (Å²) >= 11 is 1.56. The zero-order valence-electron chi connectivity index (χ0n) is 20.1. The van der Waals surface area contributed by atoms with E-state index in [0.29, 0.717) is 32.3 Å². The Morgan fingerprint density at radius 2 is 2.03 bits per heavy atom. The Bertz CT molecular complexity index is 1120. The molecule has 0 saturated carbocycles. The van der Waals surface area contributed by atoms with E-state index in [1.807, 2.05) is 18.2 Å².